The van der Waals surface area contributed by atoms with Crippen LogP contribution in [-0.4, -0.2) is 19.7 Å². The maximum absolute atomic E-state index is 6.13. The highest BCUT2D eigenvalue weighted by molar-refractivity contribution is 7.98. The van der Waals surface area contributed by atoms with E-state index in [-0.39, 0.29) is 6.10 Å². The second-order valence-electron chi connectivity index (χ2n) is 7.71. The third kappa shape index (κ3) is 5.66. The van der Waals surface area contributed by atoms with Crippen molar-refractivity contribution < 1.29 is 4.74 Å². The molecule has 0 aliphatic carbocycles. The van der Waals surface area contributed by atoms with Gasteiger partial charge in [0.1, 0.15) is 10.8 Å². The van der Waals surface area contributed by atoms with Crippen LogP contribution in [0.3, 0.4) is 0 Å². The molecule has 8 heteroatoms. The van der Waals surface area contributed by atoms with Gasteiger partial charge < -0.3 is 4.74 Å². The third-order valence-corrected chi connectivity index (χ3v) is 7.39. The molecule has 2 aromatic heterocycles. The molecule has 0 spiro atoms. The molecule has 1 unspecified atom stereocenters. The second-order valence-corrected chi connectivity index (χ2v) is 9.92. The van der Waals surface area contributed by atoms with Crippen molar-refractivity contribution in [3.63, 3.8) is 0 Å². The SMILES string of the molecule is C=CCn1c(SCc2csc(-c3cccc(C)c3)n2)nnc1C(C)Oc1ccc(Cl)c(C)c1. The van der Waals surface area contributed by atoms with Gasteiger partial charge in [-0.2, -0.15) is 0 Å². The van der Waals surface area contributed by atoms with Crippen molar-refractivity contribution in [1.82, 2.24) is 19.7 Å². The molecule has 2 heterocycles. The molecule has 33 heavy (non-hydrogen) atoms. The quantitative estimate of drug-likeness (QED) is 0.180. The number of aryl methyl sites for hydroxylation is 2. The minimum atomic E-state index is -0.278. The van der Waals surface area contributed by atoms with Gasteiger partial charge in [0.2, 0.25) is 0 Å². The van der Waals surface area contributed by atoms with E-state index < -0.39 is 0 Å². The van der Waals surface area contributed by atoms with Gasteiger partial charge in [0, 0.05) is 28.3 Å². The topological polar surface area (TPSA) is 52.8 Å². The molecule has 0 fully saturated rings. The lowest BCUT2D eigenvalue weighted by Gasteiger charge is -2.16. The zero-order chi connectivity index (χ0) is 23.4. The van der Waals surface area contributed by atoms with Crippen molar-refractivity contribution in [1.29, 1.82) is 0 Å². The van der Waals surface area contributed by atoms with Crippen molar-refractivity contribution >= 4 is 34.7 Å². The number of ether oxygens (including phenoxy) is 1. The number of allylic oxidation sites excluding steroid dienone is 1. The van der Waals surface area contributed by atoms with Crippen LogP contribution in [0.5, 0.6) is 5.75 Å². The average molecular weight is 497 g/mol. The summed E-state index contributed by atoms with van der Waals surface area (Å²) in [5, 5.41) is 13.5. The molecular formula is C25H25ClN4OS2. The Balaban J connectivity index is 1.47. The van der Waals surface area contributed by atoms with Crippen LogP contribution in [0, 0.1) is 13.8 Å². The van der Waals surface area contributed by atoms with E-state index in [1.165, 1.54) is 5.56 Å². The van der Waals surface area contributed by atoms with E-state index in [0.29, 0.717) is 12.3 Å². The molecule has 1 atom stereocenters. The molecule has 0 saturated heterocycles. The molecule has 2 aromatic carbocycles. The fraction of sp³-hybridized carbons (Fsp3) is 0.240. The predicted octanol–water partition coefficient (Wildman–Crippen LogP) is 7.29. The zero-order valence-corrected chi connectivity index (χ0v) is 21.2. The first-order chi connectivity index (χ1) is 15.9. The highest BCUT2D eigenvalue weighted by Crippen LogP contribution is 2.30. The van der Waals surface area contributed by atoms with Gasteiger partial charge >= 0.3 is 0 Å². The van der Waals surface area contributed by atoms with E-state index in [1.807, 2.05) is 42.7 Å². The maximum Gasteiger partial charge on any atom is 0.192 e. The summed E-state index contributed by atoms with van der Waals surface area (Å²) in [4.78, 5) is 4.81. The second kappa shape index (κ2) is 10.5. The summed E-state index contributed by atoms with van der Waals surface area (Å²) in [5.41, 5.74) is 4.38. The molecule has 4 aromatic rings. The molecule has 0 amide bonds. The van der Waals surface area contributed by atoms with E-state index in [9.17, 15) is 0 Å². The van der Waals surface area contributed by atoms with Gasteiger partial charge in [0.25, 0.3) is 0 Å². The fourth-order valence-electron chi connectivity index (χ4n) is 3.38. The number of benzene rings is 2. The van der Waals surface area contributed by atoms with E-state index in [1.54, 1.807) is 23.1 Å². The van der Waals surface area contributed by atoms with Gasteiger partial charge in [-0.25, -0.2) is 4.98 Å². The van der Waals surface area contributed by atoms with Crippen molar-refractivity contribution in [3.8, 4) is 16.3 Å². The van der Waals surface area contributed by atoms with E-state index in [2.05, 4.69) is 53.3 Å². The van der Waals surface area contributed by atoms with Gasteiger partial charge in [-0.15, -0.1) is 28.1 Å². The first kappa shape index (κ1) is 23.5. The van der Waals surface area contributed by atoms with Gasteiger partial charge in [0.05, 0.1) is 5.69 Å². The Hall–Kier alpha value is -2.61. The molecular weight excluding hydrogens is 472 g/mol. The van der Waals surface area contributed by atoms with Crippen molar-refractivity contribution in [3.05, 3.63) is 88.2 Å². The molecule has 0 aliphatic rings. The highest BCUT2D eigenvalue weighted by atomic mass is 35.5. The van der Waals surface area contributed by atoms with E-state index in [4.69, 9.17) is 21.3 Å². The van der Waals surface area contributed by atoms with Crippen molar-refractivity contribution in [2.75, 3.05) is 0 Å². The Bertz CT molecular complexity index is 1270. The molecule has 5 nitrogen and oxygen atoms in total. The molecule has 0 aliphatic heterocycles. The van der Waals surface area contributed by atoms with Crippen LogP contribution < -0.4 is 4.74 Å². The predicted molar refractivity (Wildman–Crippen MR) is 137 cm³/mol. The summed E-state index contributed by atoms with van der Waals surface area (Å²) < 4.78 is 8.17. The smallest absolute Gasteiger partial charge is 0.192 e. The molecule has 4 rings (SSSR count). The average Bonchev–Trinajstić information content (AvgIpc) is 3.42. The van der Waals surface area contributed by atoms with E-state index >= 15 is 0 Å². The van der Waals surface area contributed by atoms with Crippen LogP contribution in [0.25, 0.3) is 10.6 Å². The summed E-state index contributed by atoms with van der Waals surface area (Å²) in [6, 6.07) is 14.0. The lowest BCUT2D eigenvalue weighted by molar-refractivity contribution is 0.210. The number of thiazole rings is 1. The molecule has 0 saturated carbocycles. The standard InChI is InChI=1S/C25H25ClN4OS2/c1-5-11-30-23(18(4)31-21-9-10-22(26)17(3)13-21)28-29-25(30)33-15-20-14-32-24(27-20)19-8-6-7-16(2)12-19/h5-10,12-14,18H,1,11,15H2,2-4H3. The number of rotatable bonds is 9. The maximum atomic E-state index is 6.13. The summed E-state index contributed by atoms with van der Waals surface area (Å²) in [5.74, 6) is 2.21. The normalized spacial score (nSPS) is 12.0. The molecule has 170 valence electrons. The highest BCUT2D eigenvalue weighted by Gasteiger charge is 2.20. The number of hydrogen-bond acceptors (Lipinski definition) is 6. The van der Waals surface area contributed by atoms with Gasteiger partial charge in [-0.05, 0) is 50.6 Å². The Morgan fingerprint density at radius 3 is 2.82 bits per heavy atom. The minimum Gasteiger partial charge on any atom is -0.483 e. The third-order valence-electron chi connectivity index (χ3n) is 5.03. The van der Waals surface area contributed by atoms with Crippen LogP contribution in [0.1, 0.15) is 35.7 Å². The zero-order valence-electron chi connectivity index (χ0n) is 18.8. The Kier molecular flexibility index (Phi) is 7.53. The summed E-state index contributed by atoms with van der Waals surface area (Å²) in [6.45, 7) is 10.5. The number of hydrogen-bond donors (Lipinski definition) is 0. The lowest BCUT2D eigenvalue weighted by Crippen LogP contribution is -2.12. The van der Waals surface area contributed by atoms with Gasteiger partial charge in [-0.3, -0.25) is 4.57 Å². The number of thioether (sulfide) groups is 1. The van der Waals surface area contributed by atoms with Gasteiger partial charge in [-0.1, -0.05) is 53.2 Å². The molecule has 0 N–H and O–H groups in total. The summed E-state index contributed by atoms with van der Waals surface area (Å²) in [6.07, 6.45) is 1.56. The van der Waals surface area contributed by atoms with Crippen molar-refractivity contribution in [2.24, 2.45) is 0 Å². The van der Waals surface area contributed by atoms with Crippen LogP contribution in [0.4, 0.5) is 0 Å². The summed E-state index contributed by atoms with van der Waals surface area (Å²) >= 11 is 9.41. The van der Waals surface area contributed by atoms with Crippen LogP contribution in [0.2, 0.25) is 5.02 Å². The van der Waals surface area contributed by atoms with Crippen LogP contribution in [-0.2, 0) is 12.3 Å². The lowest BCUT2D eigenvalue weighted by atomic mass is 10.1. The minimum absolute atomic E-state index is 0.278. The van der Waals surface area contributed by atoms with Crippen LogP contribution >= 0.6 is 34.7 Å². The first-order valence-corrected chi connectivity index (χ1v) is 12.8. The monoisotopic (exact) mass is 496 g/mol. The van der Waals surface area contributed by atoms with E-state index in [0.717, 1.165) is 43.6 Å². The van der Waals surface area contributed by atoms with Gasteiger partial charge in [0.15, 0.2) is 17.1 Å². The Morgan fingerprint density at radius 1 is 1.21 bits per heavy atom. The first-order valence-electron chi connectivity index (χ1n) is 10.6. The fourth-order valence-corrected chi connectivity index (χ4v) is 5.27. The van der Waals surface area contributed by atoms with Crippen molar-refractivity contribution in [2.45, 2.75) is 44.3 Å². The Morgan fingerprint density at radius 2 is 2.06 bits per heavy atom. The largest absolute Gasteiger partial charge is 0.483 e. The summed E-state index contributed by atoms with van der Waals surface area (Å²) in [7, 11) is 0. The molecule has 0 bridgehead atoms. The number of nitrogens with zero attached hydrogens (tertiary/aromatic N) is 4. The van der Waals surface area contributed by atoms with Crippen LogP contribution in [0.15, 0.2) is 65.7 Å². The number of halogens is 1. The number of aromatic nitrogens is 4. The molecule has 0 radical (unpaired) electrons. The Labute approximate surface area is 207 Å².